The number of carboxylic acids is 1. The molecule has 104 valence electrons. The zero-order valence-electron chi connectivity index (χ0n) is 10.7. The van der Waals surface area contributed by atoms with E-state index in [0.29, 0.717) is 10.0 Å². The van der Waals surface area contributed by atoms with Gasteiger partial charge >= 0.3 is 5.97 Å². The van der Waals surface area contributed by atoms with Crippen molar-refractivity contribution in [3.05, 3.63) is 63.4 Å². The van der Waals surface area contributed by atoms with E-state index in [0.717, 1.165) is 5.56 Å². The van der Waals surface area contributed by atoms with Gasteiger partial charge in [0, 0.05) is 10.0 Å². The molecule has 0 radical (unpaired) electrons. The van der Waals surface area contributed by atoms with Crippen LogP contribution in [0.3, 0.4) is 0 Å². The fourth-order valence-electron chi connectivity index (χ4n) is 1.74. The maximum Gasteiger partial charge on any atom is 0.339 e. The summed E-state index contributed by atoms with van der Waals surface area (Å²) in [5.41, 5.74) is 1.59. The first-order valence-electron chi connectivity index (χ1n) is 5.88. The highest BCUT2D eigenvalue weighted by Crippen LogP contribution is 2.24. The van der Waals surface area contributed by atoms with Gasteiger partial charge in [-0.2, -0.15) is 0 Å². The first kappa shape index (κ1) is 14.5. The third-order valence-electron chi connectivity index (χ3n) is 2.76. The van der Waals surface area contributed by atoms with E-state index in [-0.39, 0.29) is 23.7 Å². The molecule has 0 atom stereocenters. The lowest BCUT2D eigenvalue weighted by Crippen LogP contribution is -2.04. The molecule has 0 bridgehead atoms. The summed E-state index contributed by atoms with van der Waals surface area (Å²) in [7, 11) is 0. The summed E-state index contributed by atoms with van der Waals surface area (Å²) < 4.78 is 19.4. The Hall–Kier alpha value is -1.88. The van der Waals surface area contributed by atoms with Crippen molar-refractivity contribution in [3.63, 3.8) is 0 Å². The van der Waals surface area contributed by atoms with Gasteiger partial charge in [0.2, 0.25) is 0 Å². The quantitative estimate of drug-likeness (QED) is 0.909. The van der Waals surface area contributed by atoms with E-state index >= 15 is 0 Å². The van der Waals surface area contributed by atoms with Crippen molar-refractivity contribution in [1.29, 1.82) is 0 Å². The maximum atomic E-state index is 13.2. The summed E-state index contributed by atoms with van der Waals surface area (Å²) in [5.74, 6) is -1.15. The van der Waals surface area contributed by atoms with Gasteiger partial charge in [0.1, 0.15) is 23.7 Å². The molecule has 0 amide bonds. The van der Waals surface area contributed by atoms with Crippen LogP contribution in [0.4, 0.5) is 4.39 Å². The molecule has 2 rings (SSSR count). The SMILES string of the molecule is Cc1ccc(C(=O)O)c(OCc2cc(F)ccc2Br)c1. The number of rotatable bonds is 4. The lowest BCUT2D eigenvalue weighted by molar-refractivity contribution is 0.0691. The van der Waals surface area contributed by atoms with E-state index in [1.807, 2.05) is 6.92 Å². The Kier molecular flexibility index (Phi) is 4.39. The molecule has 0 saturated heterocycles. The Bertz CT molecular complexity index is 656. The molecular formula is C15H12BrFO3. The molecule has 2 aromatic rings. The fraction of sp³-hybridized carbons (Fsp3) is 0.133. The predicted molar refractivity (Wildman–Crippen MR) is 76.6 cm³/mol. The van der Waals surface area contributed by atoms with Crippen LogP contribution in [0.5, 0.6) is 5.75 Å². The standard InChI is InChI=1S/C15H12BrFO3/c1-9-2-4-12(15(18)19)14(6-9)20-8-10-7-11(17)3-5-13(10)16/h2-7H,8H2,1H3,(H,18,19). The van der Waals surface area contributed by atoms with Crippen molar-refractivity contribution in [2.45, 2.75) is 13.5 Å². The number of ether oxygens (including phenoxy) is 1. The van der Waals surface area contributed by atoms with Crippen LogP contribution in [0, 0.1) is 12.7 Å². The van der Waals surface area contributed by atoms with Crippen LogP contribution in [0.15, 0.2) is 40.9 Å². The Labute approximate surface area is 124 Å². The summed E-state index contributed by atoms with van der Waals surface area (Å²) in [4.78, 5) is 11.1. The molecule has 0 heterocycles. The monoisotopic (exact) mass is 338 g/mol. The van der Waals surface area contributed by atoms with Crippen molar-refractivity contribution >= 4 is 21.9 Å². The summed E-state index contributed by atoms with van der Waals surface area (Å²) in [6.45, 7) is 1.93. The van der Waals surface area contributed by atoms with Crippen molar-refractivity contribution in [1.82, 2.24) is 0 Å². The highest BCUT2D eigenvalue weighted by Gasteiger charge is 2.12. The predicted octanol–water partition coefficient (Wildman–Crippen LogP) is 4.17. The minimum absolute atomic E-state index is 0.0854. The van der Waals surface area contributed by atoms with E-state index in [9.17, 15) is 9.18 Å². The summed E-state index contributed by atoms with van der Waals surface area (Å²) >= 11 is 3.30. The van der Waals surface area contributed by atoms with Crippen molar-refractivity contribution in [3.8, 4) is 5.75 Å². The topological polar surface area (TPSA) is 46.5 Å². The number of benzene rings is 2. The fourth-order valence-corrected chi connectivity index (χ4v) is 2.10. The molecule has 5 heteroatoms. The largest absolute Gasteiger partial charge is 0.488 e. The van der Waals surface area contributed by atoms with Gasteiger partial charge < -0.3 is 9.84 Å². The van der Waals surface area contributed by atoms with Gasteiger partial charge in [0.25, 0.3) is 0 Å². The number of hydrogen-bond acceptors (Lipinski definition) is 2. The van der Waals surface area contributed by atoms with Crippen LogP contribution in [0.2, 0.25) is 0 Å². The average Bonchev–Trinajstić information content (AvgIpc) is 2.39. The second kappa shape index (κ2) is 6.05. The van der Waals surface area contributed by atoms with Gasteiger partial charge in [0.15, 0.2) is 0 Å². The molecule has 20 heavy (non-hydrogen) atoms. The number of hydrogen-bond donors (Lipinski definition) is 1. The molecule has 0 saturated carbocycles. The first-order chi connectivity index (χ1) is 9.47. The van der Waals surface area contributed by atoms with E-state index in [1.54, 1.807) is 18.2 Å². The van der Waals surface area contributed by atoms with Crippen molar-refractivity contribution in [2.75, 3.05) is 0 Å². The number of halogens is 2. The molecule has 0 fully saturated rings. The summed E-state index contributed by atoms with van der Waals surface area (Å²) in [6, 6.07) is 9.12. The molecule has 0 aliphatic heterocycles. The summed E-state index contributed by atoms with van der Waals surface area (Å²) in [6.07, 6.45) is 0. The average molecular weight is 339 g/mol. The van der Waals surface area contributed by atoms with E-state index in [1.165, 1.54) is 18.2 Å². The Morgan fingerprint density at radius 2 is 2.05 bits per heavy atom. The smallest absolute Gasteiger partial charge is 0.339 e. The Morgan fingerprint density at radius 1 is 1.30 bits per heavy atom. The number of carboxylic acid groups (broad SMARTS) is 1. The molecule has 0 aliphatic carbocycles. The van der Waals surface area contributed by atoms with Gasteiger partial charge in [-0.05, 0) is 42.8 Å². The van der Waals surface area contributed by atoms with Crippen LogP contribution in [0.1, 0.15) is 21.5 Å². The molecule has 1 N–H and O–H groups in total. The van der Waals surface area contributed by atoms with E-state index in [2.05, 4.69) is 15.9 Å². The number of carbonyl (C=O) groups is 1. The van der Waals surface area contributed by atoms with Crippen molar-refractivity contribution in [2.24, 2.45) is 0 Å². The van der Waals surface area contributed by atoms with Gasteiger partial charge in [-0.1, -0.05) is 22.0 Å². The van der Waals surface area contributed by atoms with Gasteiger partial charge in [-0.25, -0.2) is 9.18 Å². The molecule has 0 aliphatic rings. The molecule has 2 aromatic carbocycles. The number of aromatic carboxylic acids is 1. The molecule has 3 nitrogen and oxygen atoms in total. The van der Waals surface area contributed by atoms with E-state index < -0.39 is 5.97 Å². The molecule has 0 aromatic heterocycles. The van der Waals surface area contributed by atoms with Crippen molar-refractivity contribution < 1.29 is 19.0 Å². The normalized spacial score (nSPS) is 10.3. The molecular weight excluding hydrogens is 327 g/mol. The summed E-state index contributed by atoms with van der Waals surface area (Å²) in [5, 5.41) is 9.10. The van der Waals surface area contributed by atoms with Crippen LogP contribution >= 0.6 is 15.9 Å². The maximum absolute atomic E-state index is 13.2. The zero-order chi connectivity index (χ0) is 14.7. The van der Waals surface area contributed by atoms with Gasteiger partial charge in [-0.3, -0.25) is 0 Å². The Morgan fingerprint density at radius 3 is 2.75 bits per heavy atom. The Balaban J connectivity index is 2.24. The van der Waals surface area contributed by atoms with Gasteiger partial charge in [0.05, 0.1) is 0 Å². The highest BCUT2D eigenvalue weighted by molar-refractivity contribution is 9.10. The van der Waals surface area contributed by atoms with Crippen LogP contribution in [0.25, 0.3) is 0 Å². The third kappa shape index (κ3) is 3.36. The second-order valence-electron chi connectivity index (χ2n) is 4.33. The van der Waals surface area contributed by atoms with Gasteiger partial charge in [-0.15, -0.1) is 0 Å². The highest BCUT2D eigenvalue weighted by atomic mass is 79.9. The first-order valence-corrected chi connectivity index (χ1v) is 6.67. The minimum Gasteiger partial charge on any atom is -0.488 e. The zero-order valence-corrected chi connectivity index (χ0v) is 12.3. The van der Waals surface area contributed by atoms with Crippen LogP contribution in [-0.4, -0.2) is 11.1 Å². The molecule has 0 unspecified atom stereocenters. The minimum atomic E-state index is -1.06. The lowest BCUT2D eigenvalue weighted by atomic mass is 10.1. The second-order valence-corrected chi connectivity index (χ2v) is 5.18. The van der Waals surface area contributed by atoms with E-state index in [4.69, 9.17) is 9.84 Å². The van der Waals surface area contributed by atoms with Crippen LogP contribution in [-0.2, 0) is 6.61 Å². The molecule has 0 spiro atoms. The number of aryl methyl sites for hydroxylation is 1. The third-order valence-corrected chi connectivity index (χ3v) is 3.53. The lowest BCUT2D eigenvalue weighted by Gasteiger charge is -2.11. The van der Waals surface area contributed by atoms with Crippen LogP contribution < -0.4 is 4.74 Å².